The lowest BCUT2D eigenvalue weighted by Gasteiger charge is -2.17. The summed E-state index contributed by atoms with van der Waals surface area (Å²) in [5.74, 6) is -1.91. The predicted octanol–water partition coefficient (Wildman–Crippen LogP) is 0.334. The van der Waals surface area contributed by atoms with Crippen LogP contribution in [0.25, 0.3) is 0 Å². The molecule has 1 amide bonds. The monoisotopic (exact) mass is 404 g/mol. The maximum Gasteiger partial charge on any atom is 0.322 e. The fraction of sp³-hybridized carbons (Fsp3) is 0.706. The van der Waals surface area contributed by atoms with Crippen molar-refractivity contribution in [3.8, 4) is 0 Å². The summed E-state index contributed by atoms with van der Waals surface area (Å²) in [6, 6.07) is -1.85. The Morgan fingerprint density at radius 3 is 2.30 bits per heavy atom. The fourth-order valence-corrected chi connectivity index (χ4v) is 2.74. The quantitative estimate of drug-likeness (QED) is 0.415. The molecule has 0 saturated carbocycles. The second kappa shape index (κ2) is 14.2. The first-order valence-electron chi connectivity index (χ1n) is 8.71. The van der Waals surface area contributed by atoms with Gasteiger partial charge >= 0.3 is 11.9 Å². The van der Waals surface area contributed by atoms with Gasteiger partial charge in [-0.1, -0.05) is 18.7 Å². The van der Waals surface area contributed by atoms with Crippen LogP contribution < -0.4 is 11.1 Å². The summed E-state index contributed by atoms with van der Waals surface area (Å²) in [7, 11) is 1.22. The summed E-state index contributed by atoms with van der Waals surface area (Å²) in [6.07, 6.45) is 0.0701. The number of esters is 2. The van der Waals surface area contributed by atoms with Gasteiger partial charge in [-0.15, -0.1) is 0 Å². The first-order chi connectivity index (χ1) is 12.7. The van der Waals surface area contributed by atoms with Crippen LogP contribution in [0, 0.1) is 0 Å². The number of ether oxygens (including phenoxy) is 2. The standard InChI is InChI=1S/C17H28N2O7S/c1-4-16(23)27-10-12(13(20)7-9-15(22)25-3)19-14(21)8-6-11(18)17(24)26-5-2/h11-12H,4-10,18H2,1-3H3,(H,19,21). The molecule has 27 heavy (non-hydrogen) atoms. The predicted molar refractivity (Wildman–Crippen MR) is 99.8 cm³/mol. The molecule has 2 unspecified atom stereocenters. The molecule has 0 spiro atoms. The van der Waals surface area contributed by atoms with E-state index in [1.54, 1.807) is 13.8 Å². The van der Waals surface area contributed by atoms with Crippen molar-refractivity contribution in [2.24, 2.45) is 5.73 Å². The number of methoxy groups -OCH3 is 1. The average Bonchev–Trinajstić information content (AvgIpc) is 2.66. The Bertz CT molecular complexity index is 539. The Kier molecular flexibility index (Phi) is 13.1. The molecule has 0 aliphatic heterocycles. The molecular weight excluding hydrogens is 376 g/mol. The summed E-state index contributed by atoms with van der Waals surface area (Å²) in [5, 5.41) is 2.43. The average molecular weight is 404 g/mol. The van der Waals surface area contributed by atoms with Crippen molar-refractivity contribution < 1.29 is 33.4 Å². The van der Waals surface area contributed by atoms with Gasteiger partial charge < -0.3 is 20.5 Å². The van der Waals surface area contributed by atoms with E-state index in [-0.39, 0.29) is 48.9 Å². The van der Waals surface area contributed by atoms with Gasteiger partial charge in [-0.25, -0.2) is 0 Å². The third-order valence-corrected chi connectivity index (χ3v) is 4.61. The third kappa shape index (κ3) is 11.4. The van der Waals surface area contributed by atoms with Crippen molar-refractivity contribution >= 4 is 40.5 Å². The SMILES string of the molecule is CCOC(=O)C(N)CCC(=O)NC(CSC(=O)CC)C(=O)CCC(=O)OC. The van der Waals surface area contributed by atoms with E-state index in [2.05, 4.69) is 10.1 Å². The Morgan fingerprint density at radius 2 is 1.74 bits per heavy atom. The van der Waals surface area contributed by atoms with E-state index in [1.165, 1.54) is 7.11 Å². The highest BCUT2D eigenvalue weighted by molar-refractivity contribution is 8.13. The lowest BCUT2D eigenvalue weighted by atomic mass is 10.1. The lowest BCUT2D eigenvalue weighted by Crippen LogP contribution is -2.43. The Hall–Kier alpha value is -1.94. The number of carbonyl (C=O) groups excluding carboxylic acids is 5. The van der Waals surface area contributed by atoms with Crippen molar-refractivity contribution in [2.45, 2.75) is 58.0 Å². The van der Waals surface area contributed by atoms with Crippen LogP contribution in [0.2, 0.25) is 0 Å². The van der Waals surface area contributed by atoms with Gasteiger partial charge in [0.2, 0.25) is 5.91 Å². The van der Waals surface area contributed by atoms with Crippen LogP contribution >= 0.6 is 11.8 Å². The van der Waals surface area contributed by atoms with E-state index in [4.69, 9.17) is 10.5 Å². The van der Waals surface area contributed by atoms with E-state index in [0.29, 0.717) is 6.42 Å². The minimum absolute atomic E-state index is 0.0643. The molecule has 2 atom stereocenters. The summed E-state index contributed by atoms with van der Waals surface area (Å²) >= 11 is 0.941. The number of rotatable bonds is 13. The molecule has 0 aromatic carbocycles. The first-order valence-corrected chi connectivity index (χ1v) is 9.70. The molecule has 0 saturated heterocycles. The van der Waals surface area contributed by atoms with E-state index < -0.39 is 29.9 Å². The van der Waals surface area contributed by atoms with Crippen LogP contribution in [0.15, 0.2) is 0 Å². The molecule has 0 aromatic rings. The molecule has 0 heterocycles. The molecule has 0 rings (SSSR count). The van der Waals surface area contributed by atoms with E-state index in [1.807, 2.05) is 0 Å². The molecule has 0 aliphatic carbocycles. The van der Waals surface area contributed by atoms with E-state index in [0.717, 1.165) is 11.8 Å². The zero-order chi connectivity index (χ0) is 20.8. The highest BCUT2D eigenvalue weighted by Crippen LogP contribution is 2.11. The minimum atomic E-state index is -0.930. The van der Waals surface area contributed by atoms with Crippen molar-refractivity contribution in [3.05, 3.63) is 0 Å². The molecule has 10 heteroatoms. The van der Waals surface area contributed by atoms with E-state index in [9.17, 15) is 24.0 Å². The second-order valence-electron chi connectivity index (χ2n) is 5.60. The molecule has 154 valence electrons. The van der Waals surface area contributed by atoms with Crippen LogP contribution in [-0.2, 0) is 33.4 Å². The zero-order valence-electron chi connectivity index (χ0n) is 15.9. The summed E-state index contributed by atoms with van der Waals surface area (Å²) < 4.78 is 9.25. The van der Waals surface area contributed by atoms with Gasteiger partial charge in [-0.3, -0.25) is 24.0 Å². The van der Waals surface area contributed by atoms with Crippen LogP contribution in [0.4, 0.5) is 0 Å². The summed E-state index contributed by atoms with van der Waals surface area (Å²) in [5.41, 5.74) is 5.63. The molecule has 0 radical (unpaired) electrons. The minimum Gasteiger partial charge on any atom is -0.469 e. The highest BCUT2D eigenvalue weighted by atomic mass is 32.2. The number of thioether (sulfide) groups is 1. The summed E-state index contributed by atoms with van der Waals surface area (Å²) in [6.45, 7) is 3.54. The van der Waals surface area contributed by atoms with Gasteiger partial charge in [-0.05, 0) is 13.3 Å². The van der Waals surface area contributed by atoms with Crippen molar-refractivity contribution in [1.82, 2.24) is 5.32 Å². The molecular formula is C17H28N2O7S. The van der Waals surface area contributed by atoms with Crippen LogP contribution in [0.1, 0.15) is 46.0 Å². The Labute approximate surface area is 163 Å². The van der Waals surface area contributed by atoms with E-state index >= 15 is 0 Å². The Morgan fingerprint density at radius 1 is 1.07 bits per heavy atom. The first kappa shape index (κ1) is 25.1. The molecule has 0 fully saturated rings. The molecule has 3 N–H and O–H groups in total. The van der Waals surface area contributed by atoms with Gasteiger partial charge in [0.05, 0.1) is 26.2 Å². The number of ketones is 1. The third-order valence-electron chi connectivity index (χ3n) is 3.50. The number of amides is 1. The number of carbonyl (C=O) groups is 5. The smallest absolute Gasteiger partial charge is 0.322 e. The Balaban J connectivity index is 4.68. The van der Waals surface area contributed by atoms with Crippen molar-refractivity contribution in [2.75, 3.05) is 19.5 Å². The van der Waals surface area contributed by atoms with Crippen molar-refractivity contribution in [1.29, 1.82) is 0 Å². The van der Waals surface area contributed by atoms with Crippen LogP contribution in [-0.4, -0.2) is 60.3 Å². The van der Waals surface area contributed by atoms with Crippen LogP contribution in [0.3, 0.4) is 0 Å². The largest absolute Gasteiger partial charge is 0.469 e. The zero-order valence-corrected chi connectivity index (χ0v) is 16.8. The molecule has 0 bridgehead atoms. The fourth-order valence-electron chi connectivity index (χ4n) is 1.92. The normalized spacial score (nSPS) is 12.6. The topological polar surface area (TPSA) is 142 Å². The van der Waals surface area contributed by atoms with Gasteiger partial charge in [0.25, 0.3) is 0 Å². The maximum atomic E-state index is 12.3. The highest BCUT2D eigenvalue weighted by Gasteiger charge is 2.23. The summed E-state index contributed by atoms with van der Waals surface area (Å²) in [4.78, 5) is 58.5. The van der Waals surface area contributed by atoms with Crippen molar-refractivity contribution in [3.63, 3.8) is 0 Å². The van der Waals surface area contributed by atoms with Gasteiger partial charge in [0.15, 0.2) is 10.9 Å². The number of hydrogen-bond acceptors (Lipinski definition) is 9. The van der Waals surface area contributed by atoms with Gasteiger partial charge in [0, 0.05) is 25.0 Å². The van der Waals surface area contributed by atoms with Gasteiger partial charge in [0.1, 0.15) is 6.04 Å². The lowest BCUT2D eigenvalue weighted by molar-refractivity contribution is -0.145. The molecule has 0 aromatic heterocycles. The molecule has 9 nitrogen and oxygen atoms in total. The van der Waals surface area contributed by atoms with Crippen LogP contribution in [0.5, 0.6) is 0 Å². The number of Topliss-reactive ketones (excluding diaryl/α,β-unsaturated/α-hetero) is 1. The molecule has 0 aliphatic rings. The number of nitrogens with one attached hydrogen (secondary N) is 1. The maximum absolute atomic E-state index is 12.3. The second-order valence-corrected chi connectivity index (χ2v) is 6.67. The number of nitrogens with two attached hydrogens (primary N) is 1. The van der Waals surface area contributed by atoms with Gasteiger partial charge in [-0.2, -0.15) is 0 Å². The number of hydrogen-bond donors (Lipinski definition) is 2.